The Morgan fingerprint density at radius 1 is 1.24 bits per heavy atom. The molecule has 1 amide bonds. The molecule has 3 rings (SSSR count). The number of thiophene rings is 1. The van der Waals surface area contributed by atoms with Gasteiger partial charge in [0.15, 0.2) is 0 Å². The molecule has 0 saturated heterocycles. The van der Waals surface area contributed by atoms with Crippen molar-refractivity contribution in [3.8, 4) is 16.5 Å². The van der Waals surface area contributed by atoms with Crippen molar-refractivity contribution in [1.29, 1.82) is 0 Å². The van der Waals surface area contributed by atoms with Gasteiger partial charge in [0.25, 0.3) is 5.89 Å². The van der Waals surface area contributed by atoms with Crippen LogP contribution in [0.3, 0.4) is 0 Å². The molecule has 0 aliphatic rings. The summed E-state index contributed by atoms with van der Waals surface area (Å²) in [6.45, 7) is 3.17. The van der Waals surface area contributed by atoms with Crippen molar-refractivity contribution in [2.75, 3.05) is 32.7 Å². The smallest absolute Gasteiger partial charge is 0.257 e. The van der Waals surface area contributed by atoms with E-state index in [-0.39, 0.29) is 5.91 Å². The summed E-state index contributed by atoms with van der Waals surface area (Å²) >= 11 is 1.53. The first kappa shape index (κ1) is 21.0. The summed E-state index contributed by atoms with van der Waals surface area (Å²) in [5, 5.41) is 13.1. The second kappa shape index (κ2) is 10.1. The van der Waals surface area contributed by atoms with E-state index in [1.807, 2.05) is 41.5 Å². The number of hydrogen-bond donors (Lipinski definition) is 1. The molecule has 0 saturated carbocycles. The normalized spacial score (nSPS) is 12.1. The highest BCUT2D eigenvalue weighted by Crippen LogP contribution is 2.25. The number of methoxy groups -OCH3 is 2. The van der Waals surface area contributed by atoms with Crippen molar-refractivity contribution < 1.29 is 18.7 Å². The van der Waals surface area contributed by atoms with Crippen LogP contribution in [0.15, 0.2) is 46.2 Å². The Morgan fingerprint density at radius 3 is 2.79 bits per heavy atom. The molecule has 8 nitrogen and oxygen atoms in total. The van der Waals surface area contributed by atoms with Crippen LogP contribution in [0.5, 0.6) is 5.75 Å². The maximum absolute atomic E-state index is 12.9. The van der Waals surface area contributed by atoms with Crippen LogP contribution in [-0.2, 0) is 16.1 Å². The lowest BCUT2D eigenvalue weighted by Crippen LogP contribution is -2.43. The van der Waals surface area contributed by atoms with Crippen LogP contribution in [0.4, 0.5) is 5.69 Å². The molecular formula is C20H24N4O4S. The van der Waals surface area contributed by atoms with Gasteiger partial charge < -0.3 is 19.2 Å². The van der Waals surface area contributed by atoms with E-state index in [1.54, 1.807) is 26.4 Å². The highest BCUT2D eigenvalue weighted by molar-refractivity contribution is 7.13. The fourth-order valence-corrected chi connectivity index (χ4v) is 3.40. The minimum Gasteiger partial charge on any atom is -0.495 e. The van der Waals surface area contributed by atoms with Crippen LogP contribution < -0.4 is 10.1 Å². The Morgan fingerprint density at radius 2 is 2.07 bits per heavy atom. The van der Waals surface area contributed by atoms with Crippen LogP contribution in [0.2, 0.25) is 0 Å². The largest absolute Gasteiger partial charge is 0.495 e. The second-order valence-electron chi connectivity index (χ2n) is 6.31. The van der Waals surface area contributed by atoms with E-state index in [0.717, 1.165) is 4.88 Å². The van der Waals surface area contributed by atoms with E-state index in [0.29, 0.717) is 42.9 Å². The third-order valence-corrected chi connectivity index (χ3v) is 5.27. The quantitative estimate of drug-likeness (QED) is 0.542. The van der Waals surface area contributed by atoms with Crippen LogP contribution in [0.1, 0.15) is 12.8 Å². The van der Waals surface area contributed by atoms with Gasteiger partial charge in [0, 0.05) is 13.7 Å². The van der Waals surface area contributed by atoms with Crippen molar-refractivity contribution >= 4 is 22.9 Å². The van der Waals surface area contributed by atoms with Crippen LogP contribution in [-0.4, -0.2) is 54.4 Å². The molecule has 1 atom stereocenters. The number of nitrogens with zero attached hydrogens (tertiary/aromatic N) is 3. The maximum atomic E-state index is 12.9. The first-order valence-corrected chi connectivity index (χ1v) is 10.0. The zero-order valence-corrected chi connectivity index (χ0v) is 17.4. The summed E-state index contributed by atoms with van der Waals surface area (Å²) in [7, 11) is 3.19. The molecule has 0 aliphatic carbocycles. The SMILES string of the molecule is COCCN(Cc1nnc(-c2cccs2)o1)[C@@H](C)C(=O)Nc1ccccc1OC. The highest BCUT2D eigenvalue weighted by atomic mass is 32.1. The third-order valence-electron chi connectivity index (χ3n) is 4.41. The molecule has 9 heteroatoms. The molecule has 0 fully saturated rings. The molecule has 1 aromatic carbocycles. The number of aromatic nitrogens is 2. The molecule has 1 N–H and O–H groups in total. The van der Waals surface area contributed by atoms with Gasteiger partial charge >= 0.3 is 0 Å². The molecule has 0 unspecified atom stereocenters. The van der Waals surface area contributed by atoms with Gasteiger partial charge in [-0.1, -0.05) is 18.2 Å². The summed E-state index contributed by atoms with van der Waals surface area (Å²) in [5.74, 6) is 1.37. The van der Waals surface area contributed by atoms with Crippen LogP contribution in [0, 0.1) is 0 Å². The lowest BCUT2D eigenvalue weighted by atomic mass is 10.2. The molecule has 29 heavy (non-hydrogen) atoms. The number of carbonyl (C=O) groups excluding carboxylic acids is 1. The maximum Gasteiger partial charge on any atom is 0.257 e. The van der Waals surface area contributed by atoms with E-state index < -0.39 is 6.04 Å². The lowest BCUT2D eigenvalue weighted by Gasteiger charge is -2.26. The van der Waals surface area contributed by atoms with Crippen molar-refractivity contribution in [2.24, 2.45) is 0 Å². The summed E-state index contributed by atoms with van der Waals surface area (Å²) in [6, 6.07) is 10.7. The lowest BCUT2D eigenvalue weighted by molar-refractivity contribution is -0.121. The predicted octanol–water partition coefficient (Wildman–Crippen LogP) is 3.28. The molecular weight excluding hydrogens is 392 g/mol. The highest BCUT2D eigenvalue weighted by Gasteiger charge is 2.24. The molecule has 0 radical (unpaired) electrons. The minimum atomic E-state index is -0.452. The molecule has 2 aromatic heterocycles. The van der Waals surface area contributed by atoms with Gasteiger partial charge in [0.05, 0.1) is 36.9 Å². The number of nitrogens with one attached hydrogen (secondary N) is 1. The molecule has 0 bridgehead atoms. The number of ether oxygens (including phenoxy) is 2. The number of carbonyl (C=O) groups is 1. The van der Waals surface area contributed by atoms with E-state index in [9.17, 15) is 4.79 Å². The Balaban J connectivity index is 1.70. The Labute approximate surface area is 173 Å². The standard InChI is InChI=1S/C20H24N4O4S/c1-14(19(25)21-15-7-4-5-8-16(15)27-3)24(10-11-26-2)13-18-22-23-20(28-18)17-9-6-12-29-17/h4-9,12,14H,10-11,13H2,1-3H3,(H,21,25)/t14-/m0/s1. The van der Waals surface area contributed by atoms with Gasteiger partial charge in [0.1, 0.15) is 5.75 Å². The molecule has 0 spiro atoms. The van der Waals surface area contributed by atoms with Gasteiger partial charge in [-0.2, -0.15) is 0 Å². The van der Waals surface area contributed by atoms with Gasteiger partial charge in [-0.05, 0) is 30.5 Å². The second-order valence-corrected chi connectivity index (χ2v) is 7.25. The number of para-hydroxylation sites is 2. The average molecular weight is 417 g/mol. The Hall–Kier alpha value is -2.75. The van der Waals surface area contributed by atoms with E-state index >= 15 is 0 Å². The zero-order valence-electron chi connectivity index (χ0n) is 16.6. The summed E-state index contributed by atoms with van der Waals surface area (Å²) in [5.41, 5.74) is 0.622. The van der Waals surface area contributed by atoms with Gasteiger partial charge in [0.2, 0.25) is 11.8 Å². The van der Waals surface area contributed by atoms with Crippen molar-refractivity contribution in [2.45, 2.75) is 19.5 Å². The van der Waals surface area contributed by atoms with E-state index in [4.69, 9.17) is 13.9 Å². The first-order chi connectivity index (χ1) is 14.1. The minimum absolute atomic E-state index is 0.163. The van der Waals surface area contributed by atoms with Crippen molar-refractivity contribution in [1.82, 2.24) is 15.1 Å². The van der Waals surface area contributed by atoms with E-state index in [2.05, 4.69) is 15.5 Å². The average Bonchev–Trinajstić information content (AvgIpc) is 3.42. The number of hydrogen-bond acceptors (Lipinski definition) is 8. The monoisotopic (exact) mass is 416 g/mol. The van der Waals surface area contributed by atoms with Crippen molar-refractivity contribution in [3.63, 3.8) is 0 Å². The zero-order chi connectivity index (χ0) is 20.6. The number of amides is 1. The third kappa shape index (κ3) is 5.41. The van der Waals surface area contributed by atoms with Gasteiger partial charge in [-0.15, -0.1) is 21.5 Å². The molecule has 0 aliphatic heterocycles. The number of anilines is 1. The molecule has 3 aromatic rings. The fraction of sp³-hybridized carbons (Fsp3) is 0.350. The Kier molecular flexibility index (Phi) is 7.34. The van der Waals surface area contributed by atoms with Gasteiger partial charge in [-0.3, -0.25) is 9.69 Å². The summed E-state index contributed by atoms with van der Waals surface area (Å²) < 4.78 is 16.3. The Bertz CT molecular complexity index is 913. The number of rotatable bonds is 10. The van der Waals surface area contributed by atoms with E-state index in [1.165, 1.54) is 11.3 Å². The molecule has 2 heterocycles. The van der Waals surface area contributed by atoms with Crippen LogP contribution >= 0.6 is 11.3 Å². The topological polar surface area (TPSA) is 89.7 Å². The fourth-order valence-electron chi connectivity index (χ4n) is 2.76. The number of benzene rings is 1. The van der Waals surface area contributed by atoms with Crippen molar-refractivity contribution in [3.05, 3.63) is 47.7 Å². The van der Waals surface area contributed by atoms with Gasteiger partial charge in [-0.25, -0.2) is 0 Å². The summed E-state index contributed by atoms with van der Waals surface area (Å²) in [6.07, 6.45) is 0. The predicted molar refractivity (Wildman–Crippen MR) is 111 cm³/mol. The first-order valence-electron chi connectivity index (χ1n) is 9.15. The molecule has 154 valence electrons. The van der Waals surface area contributed by atoms with Crippen LogP contribution in [0.25, 0.3) is 10.8 Å². The summed E-state index contributed by atoms with van der Waals surface area (Å²) in [4.78, 5) is 15.7.